The maximum atomic E-state index is 2.49. The van der Waals surface area contributed by atoms with Gasteiger partial charge in [0.25, 0.3) is 5.82 Å². The number of hydrogen-bond acceptors (Lipinski definition) is 0. The van der Waals surface area contributed by atoms with Gasteiger partial charge in [0.15, 0.2) is 0 Å². The number of fused-ring (bicyclic) bond motifs is 3. The second kappa shape index (κ2) is 8.09. The zero-order chi connectivity index (χ0) is 25.1. The standard InChI is InChI=1S/C33H37N2/c1-22-28(33(5,6)7)16-15-26-27-20-24(23-12-10-9-11-13-23)14-17-29(27)35(31(22)26)30-21-25(32(2,3)4)18-19-34(30)8/h9-21H,1-8H3/q+1. The Morgan fingerprint density at radius 2 is 1.40 bits per heavy atom. The molecule has 0 aliphatic heterocycles. The molecule has 0 aliphatic rings. The second-order valence-electron chi connectivity index (χ2n) is 12.0. The van der Waals surface area contributed by atoms with Gasteiger partial charge in [0, 0.05) is 22.4 Å². The Morgan fingerprint density at radius 3 is 2.06 bits per heavy atom. The topological polar surface area (TPSA) is 8.81 Å². The molecule has 3 aromatic carbocycles. The Kier molecular flexibility index (Phi) is 5.40. The molecule has 5 aromatic rings. The van der Waals surface area contributed by atoms with Crippen LogP contribution in [0.2, 0.25) is 0 Å². The van der Waals surface area contributed by atoms with Crippen LogP contribution in [0.25, 0.3) is 38.8 Å². The minimum absolute atomic E-state index is 0.0736. The van der Waals surface area contributed by atoms with Crippen LogP contribution in [0.3, 0.4) is 0 Å². The summed E-state index contributed by atoms with van der Waals surface area (Å²) < 4.78 is 4.74. The normalized spacial score (nSPS) is 12.6. The molecule has 2 heterocycles. The summed E-state index contributed by atoms with van der Waals surface area (Å²) in [4.78, 5) is 0. The first-order valence-electron chi connectivity index (χ1n) is 12.6. The van der Waals surface area contributed by atoms with E-state index in [2.05, 4.69) is 144 Å². The summed E-state index contributed by atoms with van der Waals surface area (Å²) in [6.45, 7) is 16.1. The number of aryl methyl sites for hydroxylation is 2. The van der Waals surface area contributed by atoms with E-state index in [1.807, 2.05) is 0 Å². The Labute approximate surface area is 209 Å². The Bertz CT molecular complexity index is 1560. The lowest BCUT2D eigenvalue weighted by molar-refractivity contribution is -0.665. The first-order valence-corrected chi connectivity index (χ1v) is 12.6. The van der Waals surface area contributed by atoms with E-state index in [4.69, 9.17) is 0 Å². The minimum Gasteiger partial charge on any atom is -0.237 e. The molecular formula is C33H37N2+. The van der Waals surface area contributed by atoms with Crippen LogP contribution in [0.1, 0.15) is 58.2 Å². The van der Waals surface area contributed by atoms with Crippen molar-refractivity contribution in [1.29, 1.82) is 0 Å². The number of rotatable bonds is 2. The van der Waals surface area contributed by atoms with Crippen molar-refractivity contribution >= 4 is 21.8 Å². The largest absolute Gasteiger partial charge is 0.286 e. The van der Waals surface area contributed by atoms with E-state index < -0.39 is 0 Å². The van der Waals surface area contributed by atoms with Crippen LogP contribution in [0, 0.1) is 6.92 Å². The third-order valence-corrected chi connectivity index (χ3v) is 7.32. The van der Waals surface area contributed by atoms with Crippen molar-refractivity contribution in [3.63, 3.8) is 0 Å². The summed E-state index contributed by atoms with van der Waals surface area (Å²) in [6.07, 6.45) is 2.20. The van der Waals surface area contributed by atoms with Gasteiger partial charge in [-0.2, -0.15) is 4.57 Å². The highest BCUT2D eigenvalue weighted by Gasteiger charge is 2.28. The number of pyridine rings is 1. The van der Waals surface area contributed by atoms with Gasteiger partial charge in [-0.3, -0.25) is 0 Å². The van der Waals surface area contributed by atoms with Gasteiger partial charge in [0.2, 0.25) is 0 Å². The molecule has 2 heteroatoms. The summed E-state index contributed by atoms with van der Waals surface area (Å²) >= 11 is 0. The van der Waals surface area contributed by atoms with Crippen LogP contribution < -0.4 is 4.57 Å². The highest BCUT2D eigenvalue weighted by atomic mass is 15.1. The van der Waals surface area contributed by atoms with Crippen LogP contribution in [-0.2, 0) is 17.9 Å². The minimum atomic E-state index is 0.0736. The van der Waals surface area contributed by atoms with Gasteiger partial charge in [0.1, 0.15) is 11.0 Å². The van der Waals surface area contributed by atoms with Gasteiger partial charge >= 0.3 is 0 Å². The van der Waals surface area contributed by atoms with Gasteiger partial charge < -0.3 is 0 Å². The van der Waals surface area contributed by atoms with Gasteiger partial charge in [0.05, 0.1) is 13.2 Å². The van der Waals surface area contributed by atoms with E-state index in [-0.39, 0.29) is 10.8 Å². The molecule has 0 amide bonds. The molecule has 0 unspecified atom stereocenters. The van der Waals surface area contributed by atoms with Crippen molar-refractivity contribution in [3.8, 4) is 16.9 Å². The monoisotopic (exact) mass is 461 g/mol. The lowest BCUT2D eigenvalue weighted by atomic mass is 9.83. The van der Waals surface area contributed by atoms with Crippen LogP contribution in [0.5, 0.6) is 0 Å². The molecule has 0 aliphatic carbocycles. The molecule has 0 atom stereocenters. The van der Waals surface area contributed by atoms with E-state index in [1.165, 1.54) is 55.4 Å². The third kappa shape index (κ3) is 3.95. The predicted molar refractivity (Wildman–Crippen MR) is 150 cm³/mol. The van der Waals surface area contributed by atoms with Crippen molar-refractivity contribution in [1.82, 2.24) is 4.57 Å². The Morgan fingerprint density at radius 1 is 0.686 bits per heavy atom. The number of benzene rings is 3. The Hall–Kier alpha value is -3.39. The van der Waals surface area contributed by atoms with Crippen LogP contribution in [0.15, 0.2) is 79.0 Å². The van der Waals surface area contributed by atoms with Gasteiger partial charge in [-0.1, -0.05) is 84.0 Å². The summed E-state index contributed by atoms with van der Waals surface area (Å²) in [5.74, 6) is 1.19. The molecule has 35 heavy (non-hydrogen) atoms. The maximum Gasteiger partial charge on any atom is 0.286 e. The SMILES string of the molecule is Cc1c(C(C)(C)C)ccc2c3cc(-c4ccccc4)ccc3n(-c3cc(C(C)(C)C)cc[n+]3C)c12. The molecule has 0 spiro atoms. The van der Waals surface area contributed by atoms with Gasteiger partial charge in [-0.15, -0.1) is 0 Å². The smallest absolute Gasteiger partial charge is 0.237 e. The molecule has 0 radical (unpaired) electrons. The highest BCUT2D eigenvalue weighted by molar-refractivity contribution is 6.11. The summed E-state index contributed by atoms with van der Waals surface area (Å²) in [6, 6.07) is 26.9. The molecule has 0 fully saturated rings. The Balaban J connectivity index is 1.92. The van der Waals surface area contributed by atoms with Gasteiger partial charge in [-0.05, 0) is 64.3 Å². The fourth-order valence-corrected chi connectivity index (χ4v) is 5.38. The molecule has 0 saturated carbocycles. The van der Waals surface area contributed by atoms with Gasteiger partial charge in [-0.25, -0.2) is 4.57 Å². The molecule has 178 valence electrons. The van der Waals surface area contributed by atoms with Crippen molar-refractivity contribution < 1.29 is 4.57 Å². The third-order valence-electron chi connectivity index (χ3n) is 7.32. The first-order chi connectivity index (χ1) is 16.5. The van der Waals surface area contributed by atoms with Crippen LogP contribution in [-0.4, -0.2) is 4.57 Å². The number of nitrogens with zero attached hydrogens (tertiary/aromatic N) is 2. The predicted octanol–water partition coefficient (Wildman–Crippen LogP) is 8.18. The first kappa shape index (κ1) is 23.4. The zero-order valence-electron chi connectivity index (χ0n) is 22.4. The lowest BCUT2D eigenvalue weighted by Crippen LogP contribution is -2.34. The summed E-state index contributed by atoms with van der Waals surface area (Å²) in [5, 5.41) is 2.61. The average Bonchev–Trinajstić information content (AvgIpc) is 3.13. The average molecular weight is 462 g/mol. The highest BCUT2D eigenvalue weighted by Crippen LogP contribution is 2.39. The molecule has 0 bridgehead atoms. The van der Waals surface area contributed by atoms with Crippen molar-refractivity contribution in [2.45, 2.75) is 59.3 Å². The molecular weight excluding hydrogens is 424 g/mol. The fourth-order valence-electron chi connectivity index (χ4n) is 5.38. The van der Waals surface area contributed by atoms with Crippen molar-refractivity contribution in [2.75, 3.05) is 0 Å². The van der Waals surface area contributed by atoms with Crippen molar-refractivity contribution in [2.24, 2.45) is 7.05 Å². The zero-order valence-corrected chi connectivity index (χ0v) is 22.4. The molecule has 5 rings (SSSR count). The van der Waals surface area contributed by atoms with Crippen LogP contribution in [0.4, 0.5) is 0 Å². The fraction of sp³-hybridized carbons (Fsp3) is 0.303. The summed E-state index contributed by atoms with van der Waals surface area (Å²) in [5.41, 5.74) is 9.29. The molecule has 0 saturated heterocycles. The quantitative estimate of drug-likeness (QED) is 0.234. The molecule has 2 nitrogen and oxygen atoms in total. The van der Waals surface area contributed by atoms with E-state index in [0.717, 1.165) is 0 Å². The maximum absolute atomic E-state index is 2.49. The molecule has 0 N–H and O–H groups in total. The van der Waals surface area contributed by atoms with E-state index in [1.54, 1.807) is 0 Å². The van der Waals surface area contributed by atoms with Crippen LogP contribution >= 0.6 is 0 Å². The number of hydrogen-bond donors (Lipinski definition) is 0. The van der Waals surface area contributed by atoms with Crippen molar-refractivity contribution in [3.05, 3.63) is 95.7 Å². The van der Waals surface area contributed by atoms with E-state index >= 15 is 0 Å². The lowest BCUT2D eigenvalue weighted by Gasteiger charge is -2.22. The summed E-state index contributed by atoms with van der Waals surface area (Å²) in [7, 11) is 2.15. The number of aromatic nitrogens is 2. The van der Waals surface area contributed by atoms with E-state index in [0.29, 0.717) is 0 Å². The van der Waals surface area contributed by atoms with E-state index in [9.17, 15) is 0 Å². The molecule has 2 aromatic heterocycles. The second-order valence-corrected chi connectivity index (χ2v) is 12.0.